The molecule has 142 valence electrons. The van der Waals surface area contributed by atoms with Gasteiger partial charge in [0, 0.05) is 0 Å². The van der Waals surface area contributed by atoms with Crippen molar-refractivity contribution in [1.29, 1.82) is 0 Å². The first-order chi connectivity index (χ1) is 12.9. The molecular formula is C16H15F2N5O3S. The quantitative estimate of drug-likeness (QED) is 0.655. The molecule has 1 heterocycles. The molecule has 0 amide bonds. The van der Waals surface area contributed by atoms with E-state index in [2.05, 4.69) is 20.2 Å². The summed E-state index contributed by atoms with van der Waals surface area (Å²) < 4.78 is 60.3. The lowest BCUT2D eigenvalue weighted by Crippen LogP contribution is -2.26. The first-order valence-corrected chi connectivity index (χ1v) is 9.34. The monoisotopic (exact) mass is 395 g/mol. The van der Waals surface area contributed by atoms with Crippen molar-refractivity contribution in [3.63, 3.8) is 0 Å². The molecule has 0 unspecified atom stereocenters. The first-order valence-electron chi connectivity index (χ1n) is 7.86. The van der Waals surface area contributed by atoms with Gasteiger partial charge in [-0.05, 0) is 59.8 Å². The van der Waals surface area contributed by atoms with Crippen molar-refractivity contribution in [3.8, 4) is 11.4 Å². The number of tetrazole rings is 1. The SMILES string of the molecule is CCOc1ccc(-n2nnnc2CNS(=O)(=O)c2cc(F)ccc2F)cc1. The van der Waals surface area contributed by atoms with Crippen LogP contribution in [0.5, 0.6) is 5.75 Å². The zero-order chi connectivity index (χ0) is 19.4. The van der Waals surface area contributed by atoms with E-state index < -0.39 is 26.6 Å². The fraction of sp³-hybridized carbons (Fsp3) is 0.188. The van der Waals surface area contributed by atoms with Crippen LogP contribution in [-0.4, -0.2) is 35.2 Å². The summed E-state index contributed by atoms with van der Waals surface area (Å²) in [6, 6.07) is 9.02. The summed E-state index contributed by atoms with van der Waals surface area (Å²) >= 11 is 0. The van der Waals surface area contributed by atoms with Crippen LogP contribution in [-0.2, 0) is 16.6 Å². The molecule has 0 bridgehead atoms. The number of sulfonamides is 1. The lowest BCUT2D eigenvalue weighted by Gasteiger charge is -2.09. The summed E-state index contributed by atoms with van der Waals surface area (Å²) in [7, 11) is -4.30. The van der Waals surface area contributed by atoms with Gasteiger partial charge >= 0.3 is 0 Å². The molecule has 3 aromatic rings. The molecule has 2 aromatic carbocycles. The van der Waals surface area contributed by atoms with Crippen molar-refractivity contribution in [1.82, 2.24) is 24.9 Å². The number of hydrogen-bond donors (Lipinski definition) is 1. The molecule has 0 aliphatic rings. The van der Waals surface area contributed by atoms with Gasteiger partial charge in [0.2, 0.25) is 10.0 Å². The van der Waals surface area contributed by atoms with Gasteiger partial charge in [-0.1, -0.05) is 0 Å². The largest absolute Gasteiger partial charge is 0.494 e. The average Bonchev–Trinajstić information content (AvgIpc) is 3.12. The molecule has 0 radical (unpaired) electrons. The van der Waals surface area contributed by atoms with Crippen LogP contribution in [0, 0.1) is 11.6 Å². The van der Waals surface area contributed by atoms with E-state index in [-0.39, 0.29) is 12.4 Å². The third-order valence-electron chi connectivity index (χ3n) is 3.53. The number of halogens is 2. The van der Waals surface area contributed by atoms with Crippen LogP contribution < -0.4 is 9.46 Å². The third kappa shape index (κ3) is 4.26. The Morgan fingerprint density at radius 1 is 1.15 bits per heavy atom. The van der Waals surface area contributed by atoms with E-state index in [1.54, 1.807) is 24.3 Å². The molecule has 1 N–H and O–H groups in total. The molecule has 0 aliphatic heterocycles. The minimum absolute atomic E-state index is 0.166. The molecule has 0 saturated carbocycles. The van der Waals surface area contributed by atoms with E-state index in [0.29, 0.717) is 24.1 Å². The predicted octanol–water partition coefficient (Wildman–Crippen LogP) is 1.82. The third-order valence-corrected chi connectivity index (χ3v) is 4.95. The van der Waals surface area contributed by atoms with Gasteiger partial charge in [0.25, 0.3) is 0 Å². The van der Waals surface area contributed by atoms with Gasteiger partial charge in [0.15, 0.2) is 5.82 Å². The summed E-state index contributed by atoms with van der Waals surface area (Å²) in [5.74, 6) is -1.09. The lowest BCUT2D eigenvalue weighted by molar-refractivity contribution is 0.340. The van der Waals surface area contributed by atoms with E-state index in [4.69, 9.17) is 4.74 Å². The van der Waals surface area contributed by atoms with Crippen LogP contribution in [0.4, 0.5) is 8.78 Å². The standard InChI is InChI=1S/C16H15F2N5O3S/c1-2-26-13-6-4-12(5-7-13)23-16(20-21-22-23)10-19-27(24,25)15-9-11(17)3-8-14(15)18/h3-9,19H,2,10H2,1H3. The zero-order valence-electron chi connectivity index (χ0n) is 14.1. The highest BCUT2D eigenvalue weighted by Crippen LogP contribution is 2.17. The smallest absolute Gasteiger partial charge is 0.244 e. The van der Waals surface area contributed by atoms with Gasteiger partial charge < -0.3 is 4.74 Å². The maximum Gasteiger partial charge on any atom is 0.244 e. The van der Waals surface area contributed by atoms with Gasteiger partial charge in [-0.15, -0.1) is 5.10 Å². The number of aromatic nitrogens is 4. The number of benzene rings is 2. The molecule has 1 aromatic heterocycles. The highest BCUT2D eigenvalue weighted by molar-refractivity contribution is 7.89. The Morgan fingerprint density at radius 3 is 2.59 bits per heavy atom. The van der Waals surface area contributed by atoms with Crippen LogP contribution in [0.1, 0.15) is 12.7 Å². The summed E-state index contributed by atoms with van der Waals surface area (Å²) in [4.78, 5) is -0.789. The van der Waals surface area contributed by atoms with Crippen molar-refractivity contribution in [2.24, 2.45) is 0 Å². The van der Waals surface area contributed by atoms with Gasteiger partial charge in [-0.3, -0.25) is 0 Å². The van der Waals surface area contributed by atoms with Crippen LogP contribution in [0.3, 0.4) is 0 Å². The van der Waals surface area contributed by atoms with Gasteiger partial charge in [0.1, 0.15) is 22.3 Å². The second-order valence-electron chi connectivity index (χ2n) is 5.33. The molecule has 0 atom stereocenters. The van der Waals surface area contributed by atoms with Gasteiger partial charge in [-0.25, -0.2) is 21.9 Å². The van der Waals surface area contributed by atoms with E-state index in [1.807, 2.05) is 6.92 Å². The van der Waals surface area contributed by atoms with Crippen LogP contribution >= 0.6 is 0 Å². The Hall–Kier alpha value is -2.92. The van der Waals surface area contributed by atoms with E-state index in [9.17, 15) is 17.2 Å². The van der Waals surface area contributed by atoms with Crippen molar-refractivity contribution in [2.75, 3.05) is 6.61 Å². The molecule has 0 spiro atoms. The Kier molecular flexibility index (Phi) is 5.42. The van der Waals surface area contributed by atoms with Crippen molar-refractivity contribution in [3.05, 3.63) is 59.9 Å². The minimum atomic E-state index is -4.30. The average molecular weight is 395 g/mol. The molecule has 11 heteroatoms. The van der Waals surface area contributed by atoms with Crippen molar-refractivity contribution >= 4 is 10.0 Å². The maximum atomic E-state index is 13.7. The maximum absolute atomic E-state index is 13.7. The van der Waals surface area contributed by atoms with Crippen LogP contribution in [0.15, 0.2) is 47.4 Å². The molecule has 8 nitrogen and oxygen atoms in total. The predicted molar refractivity (Wildman–Crippen MR) is 90.7 cm³/mol. The van der Waals surface area contributed by atoms with Crippen LogP contribution in [0.2, 0.25) is 0 Å². The van der Waals surface area contributed by atoms with Gasteiger partial charge in [0.05, 0.1) is 18.8 Å². The molecule has 0 aliphatic carbocycles. The van der Waals surface area contributed by atoms with Crippen LogP contribution in [0.25, 0.3) is 5.69 Å². The summed E-state index contributed by atoms with van der Waals surface area (Å²) in [5.41, 5.74) is 0.578. The Morgan fingerprint density at radius 2 is 1.89 bits per heavy atom. The van der Waals surface area contributed by atoms with Crippen molar-refractivity contribution in [2.45, 2.75) is 18.4 Å². The summed E-state index contributed by atoms with van der Waals surface area (Å²) in [5, 5.41) is 11.1. The highest BCUT2D eigenvalue weighted by atomic mass is 32.2. The highest BCUT2D eigenvalue weighted by Gasteiger charge is 2.21. The Bertz CT molecular complexity index is 1040. The topological polar surface area (TPSA) is 99.0 Å². The molecule has 0 saturated heterocycles. The number of rotatable bonds is 7. The zero-order valence-corrected chi connectivity index (χ0v) is 14.9. The molecule has 3 rings (SSSR count). The molecule has 27 heavy (non-hydrogen) atoms. The fourth-order valence-electron chi connectivity index (χ4n) is 2.29. The molecular weight excluding hydrogens is 380 g/mol. The number of hydrogen-bond acceptors (Lipinski definition) is 6. The van der Waals surface area contributed by atoms with E-state index in [1.165, 1.54) is 4.68 Å². The summed E-state index contributed by atoms with van der Waals surface area (Å²) in [6.07, 6.45) is 0. The summed E-state index contributed by atoms with van der Waals surface area (Å²) in [6.45, 7) is 2.06. The number of ether oxygens (including phenoxy) is 1. The number of nitrogens with one attached hydrogen (secondary N) is 1. The normalized spacial score (nSPS) is 11.5. The Labute approximate surface area is 153 Å². The van der Waals surface area contributed by atoms with E-state index >= 15 is 0 Å². The molecule has 0 fully saturated rings. The second-order valence-corrected chi connectivity index (χ2v) is 7.07. The van der Waals surface area contributed by atoms with Crippen molar-refractivity contribution < 1.29 is 21.9 Å². The minimum Gasteiger partial charge on any atom is -0.494 e. The second kappa shape index (κ2) is 7.76. The number of nitrogens with zero attached hydrogens (tertiary/aromatic N) is 4. The van der Waals surface area contributed by atoms with Gasteiger partial charge in [-0.2, -0.15) is 4.68 Å². The fourth-order valence-corrected chi connectivity index (χ4v) is 3.35. The Balaban J connectivity index is 1.79. The van der Waals surface area contributed by atoms with E-state index in [0.717, 1.165) is 12.1 Å². The first kappa shape index (κ1) is 18.9. The lowest BCUT2D eigenvalue weighted by atomic mass is 10.3.